The van der Waals surface area contributed by atoms with Crippen molar-refractivity contribution in [1.82, 2.24) is 4.90 Å². The number of carbonyl (C=O) groups excluding carboxylic acids is 2. The minimum absolute atomic E-state index is 0.0668. The summed E-state index contributed by atoms with van der Waals surface area (Å²) in [5, 5.41) is 4.59. The summed E-state index contributed by atoms with van der Waals surface area (Å²) in [4.78, 5) is 26.9. The molecule has 1 N–H and O–H groups in total. The van der Waals surface area contributed by atoms with Gasteiger partial charge in [0.2, 0.25) is 11.8 Å². The van der Waals surface area contributed by atoms with Crippen LogP contribution < -0.4 is 5.32 Å². The first kappa shape index (κ1) is 17.9. The summed E-state index contributed by atoms with van der Waals surface area (Å²) in [7, 11) is 0. The molecule has 0 unspecified atom stereocenters. The van der Waals surface area contributed by atoms with E-state index in [1.54, 1.807) is 6.08 Å². The van der Waals surface area contributed by atoms with E-state index in [0.717, 1.165) is 4.88 Å². The predicted molar refractivity (Wildman–Crippen MR) is 95.2 cm³/mol. The van der Waals surface area contributed by atoms with Crippen LogP contribution in [0.3, 0.4) is 0 Å². The molecule has 0 spiro atoms. The normalized spacial score (nSPS) is 11.0. The highest BCUT2D eigenvalue weighted by molar-refractivity contribution is 7.10. The monoisotopic (exact) mass is 346 g/mol. The summed E-state index contributed by atoms with van der Waals surface area (Å²) < 4.78 is 12.9. The lowest BCUT2D eigenvalue weighted by Crippen LogP contribution is -2.41. The fourth-order valence-electron chi connectivity index (χ4n) is 2.04. The fraction of sp³-hybridized carbons (Fsp3) is 0.222. The van der Waals surface area contributed by atoms with E-state index >= 15 is 0 Å². The zero-order valence-corrected chi connectivity index (χ0v) is 14.3. The van der Waals surface area contributed by atoms with Crippen molar-refractivity contribution in [3.8, 4) is 0 Å². The topological polar surface area (TPSA) is 49.4 Å². The second kappa shape index (κ2) is 8.40. The van der Waals surface area contributed by atoms with Crippen LogP contribution >= 0.6 is 11.3 Å². The summed E-state index contributed by atoms with van der Waals surface area (Å²) >= 11 is 1.53. The second-order valence-electron chi connectivity index (χ2n) is 5.46. The molecule has 0 saturated heterocycles. The number of anilines is 1. The first-order valence-corrected chi connectivity index (χ1v) is 8.41. The van der Waals surface area contributed by atoms with E-state index in [4.69, 9.17) is 0 Å². The SMILES string of the molecule is CC(C)N(CC(=O)Nc1ccc(F)cc1)C(=O)/C=C/c1cccs1. The number of halogens is 1. The smallest absolute Gasteiger partial charge is 0.247 e. The van der Waals surface area contributed by atoms with Crippen molar-refractivity contribution in [3.05, 3.63) is 58.5 Å². The number of rotatable bonds is 6. The molecular formula is C18H19FN2O2S. The number of benzene rings is 1. The average Bonchev–Trinajstić information content (AvgIpc) is 3.06. The molecule has 0 aliphatic heterocycles. The number of hydrogen-bond donors (Lipinski definition) is 1. The van der Waals surface area contributed by atoms with Crippen molar-refractivity contribution in [2.75, 3.05) is 11.9 Å². The lowest BCUT2D eigenvalue weighted by atomic mass is 10.2. The van der Waals surface area contributed by atoms with Crippen molar-refractivity contribution >= 4 is 34.9 Å². The summed E-state index contributed by atoms with van der Waals surface area (Å²) in [6.45, 7) is 3.63. The van der Waals surface area contributed by atoms with Gasteiger partial charge in [-0.05, 0) is 55.6 Å². The van der Waals surface area contributed by atoms with Crippen LogP contribution in [-0.4, -0.2) is 29.3 Å². The van der Waals surface area contributed by atoms with Gasteiger partial charge in [0.15, 0.2) is 0 Å². The molecule has 126 valence electrons. The number of thiophene rings is 1. The van der Waals surface area contributed by atoms with E-state index in [0.29, 0.717) is 5.69 Å². The Labute approximate surface area is 144 Å². The number of nitrogens with one attached hydrogen (secondary N) is 1. The van der Waals surface area contributed by atoms with Crippen LogP contribution in [0.25, 0.3) is 6.08 Å². The highest BCUT2D eigenvalue weighted by Gasteiger charge is 2.18. The summed E-state index contributed by atoms with van der Waals surface area (Å²) in [5.41, 5.74) is 0.492. The maximum Gasteiger partial charge on any atom is 0.247 e. The minimum Gasteiger partial charge on any atom is -0.327 e. The van der Waals surface area contributed by atoms with Crippen molar-refractivity contribution in [2.24, 2.45) is 0 Å². The van der Waals surface area contributed by atoms with E-state index in [1.165, 1.54) is 46.6 Å². The largest absolute Gasteiger partial charge is 0.327 e. The summed E-state index contributed by atoms with van der Waals surface area (Å²) in [5.74, 6) is -0.925. The molecule has 2 rings (SSSR count). The number of nitrogens with zero attached hydrogens (tertiary/aromatic N) is 1. The van der Waals surface area contributed by atoms with Gasteiger partial charge in [-0.25, -0.2) is 4.39 Å². The highest BCUT2D eigenvalue weighted by atomic mass is 32.1. The maximum atomic E-state index is 12.9. The molecule has 6 heteroatoms. The number of hydrogen-bond acceptors (Lipinski definition) is 3. The van der Waals surface area contributed by atoms with Gasteiger partial charge >= 0.3 is 0 Å². The van der Waals surface area contributed by atoms with Crippen LogP contribution in [0.2, 0.25) is 0 Å². The summed E-state index contributed by atoms with van der Waals surface area (Å²) in [6, 6.07) is 9.19. The molecular weight excluding hydrogens is 327 g/mol. The number of amides is 2. The van der Waals surface area contributed by atoms with Crippen LogP contribution in [-0.2, 0) is 9.59 Å². The Bertz CT molecular complexity index is 709. The van der Waals surface area contributed by atoms with Crippen LogP contribution in [0.4, 0.5) is 10.1 Å². The van der Waals surface area contributed by atoms with E-state index in [-0.39, 0.29) is 30.2 Å². The van der Waals surface area contributed by atoms with E-state index in [2.05, 4.69) is 5.32 Å². The second-order valence-corrected chi connectivity index (χ2v) is 6.44. The van der Waals surface area contributed by atoms with Crippen molar-refractivity contribution in [2.45, 2.75) is 19.9 Å². The van der Waals surface area contributed by atoms with Gasteiger partial charge in [0.05, 0.1) is 0 Å². The van der Waals surface area contributed by atoms with Gasteiger partial charge in [-0.15, -0.1) is 11.3 Å². The average molecular weight is 346 g/mol. The molecule has 0 saturated carbocycles. The molecule has 1 aromatic heterocycles. The van der Waals surface area contributed by atoms with E-state index in [9.17, 15) is 14.0 Å². The Balaban J connectivity index is 1.98. The van der Waals surface area contributed by atoms with Crippen molar-refractivity contribution < 1.29 is 14.0 Å². The Morgan fingerprint density at radius 2 is 1.96 bits per heavy atom. The predicted octanol–water partition coefficient (Wildman–Crippen LogP) is 3.78. The molecule has 0 bridgehead atoms. The lowest BCUT2D eigenvalue weighted by Gasteiger charge is -2.24. The first-order valence-electron chi connectivity index (χ1n) is 7.53. The molecule has 0 radical (unpaired) electrons. The quantitative estimate of drug-likeness (QED) is 0.809. The molecule has 4 nitrogen and oxygen atoms in total. The Morgan fingerprint density at radius 3 is 2.54 bits per heavy atom. The van der Waals surface area contributed by atoms with Gasteiger partial charge in [0, 0.05) is 22.7 Å². The summed E-state index contributed by atoms with van der Waals surface area (Å²) in [6.07, 6.45) is 3.21. The standard InChI is InChI=1S/C18H19FN2O2S/c1-13(2)21(18(23)10-9-16-4-3-11-24-16)12-17(22)20-15-7-5-14(19)6-8-15/h3-11,13H,12H2,1-2H3,(H,20,22)/b10-9+. The van der Waals surface area contributed by atoms with E-state index < -0.39 is 0 Å². The molecule has 0 aliphatic carbocycles. The third-order valence-electron chi connectivity index (χ3n) is 3.28. The van der Waals surface area contributed by atoms with Crippen LogP contribution in [0.5, 0.6) is 0 Å². The first-order chi connectivity index (χ1) is 11.5. The molecule has 2 amide bonds. The van der Waals surface area contributed by atoms with Crippen LogP contribution in [0, 0.1) is 5.82 Å². The Hall–Kier alpha value is -2.47. The highest BCUT2D eigenvalue weighted by Crippen LogP contribution is 2.12. The van der Waals surface area contributed by atoms with Gasteiger partial charge < -0.3 is 10.2 Å². The molecule has 0 aliphatic rings. The zero-order valence-electron chi connectivity index (χ0n) is 13.5. The maximum absolute atomic E-state index is 12.9. The molecule has 1 aromatic carbocycles. The molecule has 1 heterocycles. The molecule has 0 fully saturated rings. The fourth-order valence-corrected chi connectivity index (χ4v) is 2.66. The Morgan fingerprint density at radius 1 is 1.25 bits per heavy atom. The van der Waals surface area contributed by atoms with Gasteiger partial charge in [-0.2, -0.15) is 0 Å². The van der Waals surface area contributed by atoms with Crippen LogP contribution in [0.1, 0.15) is 18.7 Å². The van der Waals surface area contributed by atoms with E-state index in [1.807, 2.05) is 31.4 Å². The molecule has 24 heavy (non-hydrogen) atoms. The minimum atomic E-state index is -0.370. The molecule has 0 atom stereocenters. The van der Waals surface area contributed by atoms with Crippen molar-refractivity contribution in [1.29, 1.82) is 0 Å². The van der Waals surface area contributed by atoms with Crippen LogP contribution in [0.15, 0.2) is 47.9 Å². The third-order valence-corrected chi connectivity index (χ3v) is 4.12. The lowest BCUT2D eigenvalue weighted by molar-refractivity contribution is -0.132. The number of carbonyl (C=O) groups is 2. The van der Waals surface area contributed by atoms with Gasteiger partial charge in [-0.3, -0.25) is 9.59 Å². The molecule has 2 aromatic rings. The van der Waals surface area contributed by atoms with Gasteiger partial charge in [-0.1, -0.05) is 6.07 Å². The Kier molecular flexibility index (Phi) is 6.26. The van der Waals surface area contributed by atoms with Crippen molar-refractivity contribution in [3.63, 3.8) is 0 Å². The van der Waals surface area contributed by atoms with Gasteiger partial charge in [0.1, 0.15) is 12.4 Å². The zero-order chi connectivity index (χ0) is 17.5. The van der Waals surface area contributed by atoms with Gasteiger partial charge in [0.25, 0.3) is 0 Å². The third kappa shape index (κ3) is 5.31.